The number of hydrogen-bond acceptors (Lipinski definition) is 2. The Morgan fingerprint density at radius 2 is 2.00 bits per heavy atom. The maximum Gasteiger partial charge on any atom is 0.239 e. The van der Waals surface area contributed by atoms with E-state index in [1.807, 2.05) is 19.1 Å². The molecule has 0 saturated carbocycles. The second-order valence-electron chi connectivity index (χ2n) is 5.39. The Morgan fingerprint density at radius 3 is 2.63 bits per heavy atom. The van der Waals surface area contributed by atoms with Gasteiger partial charge < -0.3 is 10.6 Å². The maximum absolute atomic E-state index is 11.7. The third kappa shape index (κ3) is 5.77. The number of rotatable bonds is 7. The molecule has 0 radical (unpaired) electrons. The maximum atomic E-state index is 11.7. The van der Waals surface area contributed by atoms with Crippen LogP contribution < -0.4 is 10.6 Å². The molecule has 0 saturated heterocycles. The van der Waals surface area contributed by atoms with Crippen molar-refractivity contribution in [1.82, 2.24) is 5.32 Å². The van der Waals surface area contributed by atoms with Crippen molar-refractivity contribution in [2.24, 2.45) is 0 Å². The summed E-state index contributed by atoms with van der Waals surface area (Å²) < 4.78 is 0. The normalized spacial score (nSPS) is 12.3. The number of benzene rings is 1. The highest BCUT2D eigenvalue weighted by Crippen LogP contribution is 2.18. The van der Waals surface area contributed by atoms with Gasteiger partial charge in [0, 0.05) is 11.7 Å². The van der Waals surface area contributed by atoms with Crippen LogP contribution in [-0.2, 0) is 4.79 Å². The highest BCUT2D eigenvalue weighted by atomic mass is 16.1. The average molecular weight is 262 g/mol. The van der Waals surface area contributed by atoms with Crippen molar-refractivity contribution < 1.29 is 4.79 Å². The highest BCUT2D eigenvalue weighted by molar-refractivity contribution is 5.80. The fourth-order valence-electron chi connectivity index (χ4n) is 2.02. The van der Waals surface area contributed by atoms with Gasteiger partial charge in [0.15, 0.2) is 0 Å². The van der Waals surface area contributed by atoms with Gasteiger partial charge in [-0.2, -0.15) is 0 Å². The van der Waals surface area contributed by atoms with Crippen molar-refractivity contribution in [3.8, 4) is 0 Å². The molecule has 19 heavy (non-hydrogen) atoms. The van der Waals surface area contributed by atoms with Crippen LogP contribution in [0.15, 0.2) is 24.3 Å². The lowest BCUT2D eigenvalue weighted by molar-refractivity contribution is -0.120. The van der Waals surface area contributed by atoms with Gasteiger partial charge in [-0.25, -0.2) is 0 Å². The molecule has 3 nitrogen and oxygen atoms in total. The summed E-state index contributed by atoms with van der Waals surface area (Å²) in [5.41, 5.74) is 2.29. The largest absolute Gasteiger partial charge is 0.376 e. The minimum absolute atomic E-state index is 0.0518. The Kier molecular flexibility index (Phi) is 6.40. The lowest BCUT2D eigenvalue weighted by Gasteiger charge is -2.14. The van der Waals surface area contributed by atoms with Gasteiger partial charge in [-0.05, 0) is 37.0 Å². The third-order valence-corrected chi connectivity index (χ3v) is 3.14. The lowest BCUT2D eigenvalue weighted by atomic mass is 10.0. The minimum Gasteiger partial charge on any atom is -0.376 e. The van der Waals surface area contributed by atoms with Gasteiger partial charge >= 0.3 is 0 Å². The fraction of sp³-hybridized carbons (Fsp3) is 0.562. The van der Waals surface area contributed by atoms with Crippen LogP contribution in [0.4, 0.5) is 5.69 Å². The molecule has 0 aliphatic rings. The van der Waals surface area contributed by atoms with E-state index in [0.29, 0.717) is 12.5 Å². The first-order chi connectivity index (χ1) is 9.02. The molecule has 3 heteroatoms. The van der Waals surface area contributed by atoms with E-state index < -0.39 is 0 Å². The minimum atomic E-state index is 0.0518. The van der Waals surface area contributed by atoms with Gasteiger partial charge in [-0.1, -0.05) is 39.3 Å². The van der Waals surface area contributed by atoms with Crippen LogP contribution in [0.3, 0.4) is 0 Å². The second-order valence-corrected chi connectivity index (χ2v) is 5.39. The Bertz CT molecular complexity index is 401. The molecule has 1 rings (SSSR count). The van der Waals surface area contributed by atoms with E-state index in [0.717, 1.165) is 18.5 Å². The van der Waals surface area contributed by atoms with Crippen molar-refractivity contribution in [3.05, 3.63) is 29.8 Å². The SMILES string of the molecule is CCCC(C)NC(=O)CNc1cccc(C(C)C)c1. The zero-order chi connectivity index (χ0) is 14.3. The van der Waals surface area contributed by atoms with E-state index in [2.05, 4.69) is 43.5 Å². The van der Waals surface area contributed by atoms with Gasteiger partial charge in [-0.3, -0.25) is 4.79 Å². The number of anilines is 1. The van der Waals surface area contributed by atoms with Crippen molar-refractivity contribution in [1.29, 1.82) is 0 Å². The number of carbonyl (C=O) groups excluding carboxylic acids is 1. The number of carbonyl (C=O) groups is 1. The van der Waals surface area contributed by atoms with Crippen LogP contribution in [0.1, 0.15) is 52.0 Å². The smallest absolute Gasteiger partial charge is 0.239 e. The number of hydrogen-bond donors (Lipinski definition) is 2. The van der Waals surface area contributed by atoms with Gasteiger partial charge in [0.2, 0.25) is 5.91 Å². The molecule has 0 heterocycles. The standard InChI is InChI=1S/C16H26N2O/c1-5-7-13(4)18-16(19)11-17-15-9-6-8-14(10-15)12(2)3/h6,8-10,12-13,17H,5,7,11H2,1-4H3,(H,18,19). The molecular weight excluding hydrogens is 236 g/mol. The summed E-state index contributed by atoms with van der Waals surface area (Å²) >= 11 is 0. The third-order valence-electron chi connectivity index (χ3n) is 3.14. The van der Waals surface area contributed by atoms with E-state index in [-0.39, 0.29) is 11.9 Å². The number of amides is 1. The molecule has 1 unspecified atom stereocenters. The van der Waals surface area contributed by atoms with Crippen LogP contribution in [0.5, 0.6) is 0 Å². The van der Waals surface area contributed by atoms with Crippen LogP contribution in [0.2, 0.25) is 0 Å². The molecule has 1 aromatic carbocycles. The molecule has 0 aliphatic carbocycles. The first kappa shape index (κ1) is 15.5. The lowest BCUT2D eigenvalue weighted by Crippen LogP contribution is -2.36. The van der Waals surface area contributed by atoms with Gasteiger partial charge in [0.1, 0.15) is 0 Å². The quantitative estimate of drug-likeness (QED) is 0.789. The predicted molar refractivity (Wildman–Crippen MR) is 81.5 cm³/mol. The molecule has 0 fully saturated rings. The van der Waals surface area contributed by atoms with E-state index in [4.69, 9.17) is 0 Å². The van der Waals surface area contributed by atoms with Gasteiger partial charge in [0.05, 0.1) is 6.54 Å². The van der Waals surface area contributed by atoms with Crippen LogP contribution in [-0.4, -0.2) is 18.5 Å². The molecule has 0 aromatic heterocycles. The molecule has 1 aromatic rings. The Labute approximate surface area is 116 Å². The van der Waals surface area contributed by atoms with Gasteiger partial charge in [0.25, 0.3) is 0 Å². The van der Waals surface area contributed by atoms with Crippen LogP contribution in [0.25, 0.3) is 0 Å². The molecule has 1 atom stereocenters. The van der Waals surface area contributed by atoms with E-state index in [1.54, 1.807) is 0 Å². The van der Waals surface area contributed by atoms with Crippen LogP contribution in [0, 0.1) is 0 Å². The molecule has 2 N–H and O–H groups in total. The van der Waals surface area contributed by atoms with Crippen molar-refractivity contribution in [2.45, 2.75) is 52.5 Å². The zero-order valence-electron chi connectivity index (χ0n) is 12.5. The molecule has 106 valence electrons. The Hall–Kier alpha value is -1.51. The average Bonchev–Trinajstić information content (AvgIpc) is 2.37. The summed E-state index contributed by atoms with van der Waals surface area (Å²) in [6, 6.07) is 8.48. The molecular formula is C16H26N2O. The van der Waals surface area contributed by atoms with Crippen molar-refractivity contribution in [3.63, 3.8) is 0 Å². The summed E-state index contributed by atoms with van der Waals surface area (Å²) in [7, 11) is 0. The Morgan fingerprint density at radius 1 is 1.26 bits per heavy atom. The summed E-state index contributed by atoms with van der Waals surface area (Å²) in [5, 5.41) is 6.16. The van der Waals surface area contributed by atoms with Crippen molar-refractivity contribution >= 4 is 11.6 Å². The molecule has 1 amide bonds. The Balaban J connectivity index is 2.43. The molecule has 0 bridgehead atoms. The van der Waals surface area contributed by atoms with E-state index in [1.165, 1.54) is 5.56 Å². The van der Waals surface area contributed by atoms with Gasteiger partial charge in [-0.15, -0.1) is 0 Å². The second kappa shape index (κ2) is 7.82. The van der Waals surface area contributed by atoms with Crippen molar-refractivity contribution in [2.75, 3.05) is 11.9 Å². The summed E-state index contributed by atoms with van der Waals surface area (Å²) in [6.45, 7) is 8.82. The highest BCUT2D eigenvalue weighted by Gasteiger charge is 2.06. The fourth-order valence-corrected chi connectivity index (χ4v) is 2.02. The molecule has 0 spiro atoms. The molecule has 0 aliphatic heterocycles. The monoisotopic (exact) mass is 262 g/mol. The summed E-state index contributed by atoms with van der Waals surface area (Å²) in [6.07, 6.45) is 2.11. The first-order valence-corrected chi connectivity index (χ1v) is 7.16. The number of nitrogens with one attached hydrogen (secondary N) is 2. The predicted octanol–water partition coefficient (Wildman–Crippen LogP) is 3.53. The van der Waals surface area contributed by atoms with Crippen LogP contribution >= 0.6 is 0 Å². The zero-order valence-corrected chi connectivity index (χ0v) is 12.5. The summed E-state index contributed by atoms with van der Waals surface area (Å²) in [5.74, 6) is 0.552. The first-order valence-electron chi connectivity index (χ1n) is 7.16. The van der Waals surface area contributed by atoms with E-state index in [9.17, 15) is 4.79 Å². The topological polar surface area (TPSA) is 41.1 Å². The summed E-state index contributed by atoms with van der Waals surface area (Å²) in [4.78, 5) is 11.7. The van der Waals surface area contributed by atoms with E-state index >= 15 is 0 Å².